The van der Waals surface area contributed by atoms with Gasteiger partial charge >= 0.3 is 0 Å². The van der Waals surface area contributed by atoms with Crippen molar-refractivity contribution in [3.05, 3.63) is 69.2 Å². The van der Waals surface area contributed by atoms with Gasteiger partial charge < -0.3 is 10.4 Å². The minimum atomic E-state index is -0.774. The second-order valence-electron chi connectivity index (χ2n) is 4.59. The summed E-state index contributed by atoms with van der Waals surface area (Å²) in [5.74, 6) is 0. The lowest BCUT2D eigenvalue weighted by Gasteiger charge is -2.15. The molecule has 0 heterocycles. The van der Waals surface area contributed by atoms with Crippen molar-refractivity contribution in [2.45, 2.75) is 12.6 Å². The lowest BCUT2D eigenvalue weighted by molar-refractivity contribution is 0.174. The molecule has 0 saturated carbocycles. The van der Waals surface area contributed by atoms with Crippen LogP contribution in [0.1, 0.15) is 22.8 Å². The maximum Gasteiger partial charge on any atom is 0.0991 e. The number of halogens is 2. The third kappa shape index (κ3) is 4.20. The molecule has 5 heteroatoms. The Morgan fingerprint density at radius 2 is 1.71 bits per heavy atom. The van der Waals surface area contributed by atoms with Gasteiger partial charge in [-0.05, 0) is 29.8 Å². The largest absolute Gasteiger partial charge is 0.387 e. The van der Waals surface area contributed by atoms with E-state index in [-0.39, 0.29) is 0 Å². The van der Waals surface area contributed by atoms with Gasteiger partial charge in [0.05, 0.1) is 17.7 Å². The maximum atomic E-state index is 10.2. The van der Waals surface area contributed by atoms with Crippen LogP contribution in [0.3, 0.4) is 0 Å². The minimum absolute atomic E-state index is 0.337. The van der Waals surface area contributed by atoms with Crippen LogP contribution in [0.4, 0.5) is 0 Å². The first-order valence-corrected chi connectivity index (χ1v) is 7.19. The molecule has 0 fully saturated rings. The molecule has 3 nitrogen and oxygen atoms in total. The Morgan fingerprint density at radius 3 is 2.29 bits per heavy atom. The highest BCUT2D eigenvalue weighted by atomic mass is 35.5. The van der Waals surface area contributed by atoms with Crippen LogP contribution in [-0.2, 0) is 6.54 Å². The number of aliphatic hydroxyl groups is 1. The van der Waals surface area contributed by atoms with Crippen molar-refractivity contribution in [2.75, 3.05) is 6.54 Å². The third-order valence-electron chi connectivity index (χ3n) is 3.08. The number of nitrogens with one attached hydrogen (secondary N) is 1. The molecule has 0 radical (unpaired) electrons. The Bertz CT molecular complexity index is 630. The predicted octanol–water partition coefficient (Wildman–Crippen LogP) is 3.69. The molecule has 1 atom stereocenters. The van der Waals surface area contributed by atoms with Gasteiger partial charge in [-0.2, -0.15) is 5.26 Å². The van der Waals surface area contributed by atoms with E-state index in [2.05, 4.69) is 11.4 Å². The number of nitriles is 1. The number of rotatable bonds is 5. The smallest absolute Gasteiger partial charge is 0.0991 e. The van der Waals surface area contributed by atoms with Crippen LogP contribution in [0.5, 0.6) is 0 Å². The number of hydrogen-bond acceptors (Lipinski definition) is 3. The van der Waals surface area contributed by atoms with Gasteiger partial charge in [0.25, 0.3) is 0 Å². The summed E-state index contributed by atoms with van der Waals surface area (Å²) in [7, 11) is 0. The highest BCUT2D eigenvalue weighted by Crippen LogP contribution is 2.29. The fourth-order valence-electron chi connectivity index (χ4n) is 1.98. The van der Waals surface area contributed by atoms with Crippen molar-refractivity contribution in [2.24, 2.45) is 0 Å². The summed E-state index contributed by atoms with van der Waals surface area (Å²) in [4.78, 5) is 0. The molecule has 0 bridgehead atoms. The van der Waals surface area contributed by atoms with E-state index < -0.39 is 6.10 Å². The molecule has 2 aromatic carbocycles. The molecule has 0 aromatic heterocycles. The summed E-state index contributed by atoms with van der Waals surface area (Å²) >= 11 is 12.1. The van der Waals surface area contributed by atoms with Crippen molar-refractivity contribution >= 4 is 23.2 Å². The lowest BCUT2D eigenvalue weighted by Crippen LogP contribution is -2.21. The molecule has 0 aliphatic carbocycles. The Kier molecular flexibility index (Phi) is 5.60. The zero-order chi connectivity index (χ0) is 15.2. The number of nitrogens with zero attached hydrogens (tertiary/aromatic N) is 1. The van der Waals surface area contributed by atoms with Gasteiger partial charge in [0.2, 0.25) is 0 Å². The second-order valence-corrected chi connectivity index (χ2v) is 5.41. The van der Waals surface area contributed by atoms with Gasteiger partial charge in [-0.15, -0.1) is 0 Å². The zero-order valence-corrected chi connectivity index (χ0v) is 12.7. The van der Waals surface area contributed by atoms with Crippen molar-refractivity contribution in [1.29, 1.82) is 5.26 Å². The first-order chi connectivity index (χ1) is 10.1. The molecule has 0 aliphatic heterocycles. The van der Waals surface area contributed by atoms with E-state index in [1.54, 1.807) is 30.3 Å². The fraction of sp³-hybridized carbons (Fsp3) is 0.188. The average Bonchev–Trinajstić information content (AvgIpc) is 2.48. The molecular weight excluding hydrogens is 307 g/mol. The topological polar surface area (TPSA) is 56.0 Å². The first-order valence-electron chi connectivity index (χ1n) is 6.43. The van der Waals surface area contributed by atoms with Crippen molar-refractivity contribution in [1.82, 2.24) is 5.32 Å². The number of hydrogen-bond donors (Lipinski definition) is 2. The van der Waals surface area contributed by atoms with Crippen LogP contribution in [0, 0.1) is 11.3 Å². The van der Waals surface area contributed by atoms with E-state index in [0.29, 0.717) is 34.3 Å². The van der Waals surface area contributed by atoms with E-state index >= 15 is 0 Å². The molecule has 108 valence electrons. The van der Waals surface area contributed by atoms with Crippen molar-refractivity contribution in [3.63, 3.8) is 0 Å². The van der Waals surface area contributed by atoms with E-state index in [0.717, 1.165) is 5.56 Å². The Hall–Kier alpha value is -1.57. The summed E-state index contributed by atoms with van der Waals surface area (Å²) in [5, 5.41) is 22.9. The van der Waals surface area contributed by atoms with Crippen LogP contribution < -0.4 is 5.32 Å². The Morgan fingerprint density at radius 1 is 1.10 bits per heavy atom. The number of aliphatic hydroxyl groups excluding tert-OH is 1. The van der Waals surface area contributed by atoms with Crippen LogP contribution in [0.15, 0.2) is 42.5 Å². The molecule has 0 saturated heterocycles. The molecule has 0 amide bonds. The number of benzene rings is 2. The average molecular weight is 321 g/mol. The van der Waals surface area contributed by atoms with Gasteiger partial charge in [0, 0.05) is 28.7 Å². The SMILES string of the molecule is N#Cc1ccc(CNCC(O)c2c(Cl)cccc2Cl)cc1. The maximum absolute atomic E-state index is 10.2. The summed E-state index contributed by atoms with van der Waals surface area (Å²) in [5.41, 5.74) is 2.20. The van der Waals surface area contributed by atoms with Crippen molar-refractivity contribution in [3.8, 4) is 6.07 Å². The Labute approximate surface area is 133 Å². The van der Waals surface area contributed by atoms with Gasteiger partial charge in [-0.1, -0.05) is 41.4 Å². The predicted molar refractivity (Wildman–Crippen MR) is 84.3 cm³/mol. The molecule has 2 N–H and O–H groups in total. The van der Waals surface area contributed by atoms with E-state index in [1.807, 2.05) is 12.1 Å². The summed E-state index contributed by atoms with van der Waals surface area (Å²) in [6.07, 6.45) is -0.774. The third-order valence-corrected chi connectivity index (χ3v) is 3.74. The standard InChI is InChI=1S/C16H14Cl2N2O/c17-13-2-1-3-14(18)16(13)15(21)10-20-9-12-6-4-11(8-19)5-7-12/h1-7,15,20-21H,9-10H2. The van der Waals surface area contributed by atoms with Gasteiger partial charge in [0.15, 0.2) is 0 Å². The summed E-state index contributed by atoms with van der Waals surface area (Å²) in [6, 6.07) is 14.5. The van der Waals surface area contributed by atoms with Crippen LogP contribution in [0.25, 0.3) is 0 Å². The minimum Gasteiger partial charge on any atom is -0.387 e. The zero-order valence-electron chi connectivity index (χ0n) is 11.2. The monoisotopic (exact) mass is 320 g/mol. The summed E-state index contributed by atoms with van der Waals surface area (Å²) < 4.78 is 0. The molecule has 2 rings (SSSR count). The van der Waals surface area contributed by atoms with Gasteiger partial charge in [-0.25, -0.2) is 0 Å². The van der Waals surface area contributed by atoms with Gasteiger partial charge in [-0.3, -0.25) is 0 Å². The van der Waals surface area contributed by atoms with E-state index in [1.165, 1.54) is 0 Å². The summed E-state index contributed by atoms with van der Waals surface area (Å²) in [6.45, 7) is 0.925. The normalized spacial score (nSPS) is 11.9. The second kappa shape index (κ2) is 7.44. The molecule has 0 aliphatic rings. The quantitative estimate of drug-likeness (QED) is 0.883. The Balaban J connectivity index is 1.92. The molecular formula is C16H14Cl2N2O. The van der Waals surface area contributed by atoms with E-state index in [9.17, 15) is 5.11 Å². The molecule has 0 spiro atoms. The highest BCUT2D eigenvalue weighted by molar-refractivity contribution is 6.36. The van der Waals surface area contributed by atoms with Crippen LogP contribution in [0.2, 0.25) is 10.0 Å². The lowest BCUT2D eigenvalue weighted by atomic mass is 10.1. The molecule has 1 unspecified atom stereocenters. The van der Waals surface area contributed by atoms with Crippen LogP contribution in [-0.4, -0.2) is 11.7 Å². The molecule has 2 aromatic rings. The van der Waals surface area contributed by atoms with Crippen molar-refractivity contribution < 1.29 is 5.11 Å². The van der Waals surface area contributed by atoms with Crippen LogP contribution >= 0.6 is 23.2 Å². The van der Waals surface area contributed by atoms with Gasteiger partial charge in [0.1, 0.15) is 0 Å². The first kappa shape index (κ1) is 15.8. The fourth-order valence-corrected chi connectivity index (χ4v) is 2.63. The highest BCUT2D eigenvalue weighted by Gasteiger charge is 2.14. The molecule has 21 heavy (non-hydrogen) atoms. The van der Waals surface area contributed by atoms with E-state index in [4.69, 9.17) is 28.5 Å².